The zero-order valence-corrected chi connectivity index (χ0v) is 14.3. The molecule has 1 aromatic heterocycles. The summed E-state index contributed by atoms with van der Waals surface area (Å²) in [6.07, 6.45) is 0.513. The van der Waals surface area contributed by atoms with Crippen LogP contribution in [-0.4, -0.2) is 48.1 Å². The molecule has 2 heterocycles. The molecule has 1 aliphatic rings. The number of ether oxygens (including phenoxy) is 1. The number of hydrogen-bond donors (Lipinski definition) is 2. The average Bonchev–Trinajstić information content (AvgIpc) is 3.03. The Hall–Kier alpha value is -1.80. The maximum absolute atomic E-state index is 12.2. The lowest BCUT2D eigenvalue weighted by Gasteiger charge is -2.25. The number of nitrogens with two attached hydrogens (primary N) is 1. The second-order valence-corrected chi connectivity index (χ2v) is 6.68. The van der Waals surface area contributed by atoms with Crippen LogP contribution in [0, 0.1) is 0 Å². The predicted molar refractivity (Wildman–Crippen MR) is 95.0 cm³/mol. The van der Waals surface area contributed by atoms with Crippen LogP contribution >= 0.6 is 11.3 Å². The van der Waals surface area contributed by atoms with Gasteiger partial charge in [-0.3, -0.25) is 9.69 Å². The summed E-state index contributed by atoms with van der Waals surface area (Å²) in [7, 11) is 0. The Kier molecular flexibility index (Phi) is 5.92. The molecule has 7 heteroatoms. The van der Waals surface area contributed by atoms with Crippen LogP contribution < -0.4 is 11.1 Å². The monoisotopic (exact) mass is 346 g/mol. The van der Waals surface area contributed by atoms with Gasteiger partial charge in [-0.1, -0.05) is 30.3 Å². The highest BCUT2D eigenvalue weighted by Crippen LogP contribution is 2.17. The summed E-state index contributed by atoms with van der Waals surface area (Å²) in [6, 6.07) is 9.19. The number of nitrogens with zero attached hydrogens (tertiary/aromatic N) is 2. The van der Waals surface area contributed by atoms with Crippen molar-refractivity contribution in [3.63, 3.8) is 0 Å². The zero-order valence-electron chi connectivity index (χ0n) is 13.5. The number of hydrogen-bond acceptors (Lipinski definition) is 6. The van der Waals surface area contributed by atoms with Crippen molar-refractivity contribution in [2.24, 2.45) is 5.73 Å². The maximum atomic E-state index is 12.2. The third-order valence-electron chi connectivity index (χ3n) is 3.91. The molecule has 24 heavy (non-hydrogen) atoms. The minimum absolute atomic E-state index is 0.203. The quantitative estimate of drug-likeness (QED) is 0.828. The standard InChI is InChI=1S/C17H22N4O2S/c18-15(10-13-4-2-1-3-5-13)16(22)20-17-19-14(12-24-17)11-21-6-8-23-9-7-21/h1-5,12,15H,6-11,18H2,(H,19,20,22). The molecule has 1 saturated heterocycles. The minimum atomic E-state index is -0.584. The molecule has 1 atom stereocenters. The lowest BCUT2D eigenvalue weighted by molar-refractivity contribution is -0.117. The number of benzene rings is 1. The summed E-state index contributed by atoms with van der Waals surface area (Å²) in [4.78, 5) is 19.0. The highest BCUT2D eigenvalue weighted by atomic mass is 32.1. The highest BCUT2D eigenvalue weighted by Gasteiger charge is 2.17. The van der Waals surface area contributed by atoms with Crippen molar-refractivity contribution in [3.8, 4) is 0 Å². The molecule has 3 rings (SSSR count). The number of carbonyl (C=O) groups excluding carboxylic acids is 1. The van der Waals surface area contributed by atoms with Crippen LogP contribution in [0.2, 0.25) is 0 Å². The average molecular weight is 346 g/mol. The van der Waals surface area contributed by atoms with E-state index < -0.39 is 6.04 Å². The molecule has 1 aromatic carbocycles. The number of morpholine rings is 1. The third kappa shape index (κ3) is 4.85. The summed E-state index contributed by atoms with van der Waals surface area (Å²) >= 11 is 1.43. The van der Waals surface area contributed by atoms with Crippen molar-refractivity contribution in [2.75, 3.05) is 31.6 Å². The van der Waals surface area contributed by atoms with Crippen molar-refractivity contribution in [1.29, 1.82) is 0 Å². The smallest absolute Gasteiger partial charge is 0.243 e. The SMILES string of the molecule is NC(Cc1ccccc1)C(=O)Nc1nc(CN2CCOCC2)cs1. The molecule has 2 aromatic rings. The van der Waals surface area contributed by atoms with Gasteiger partial charge in [-0.25, -0.2) is 4.98 Å². The molecule has 0 aliphatic carbocycles. The van der Waals surface area contributed by atoms with Gasteiger partial charge in [-0.15, -0.1) is 11.3 Å². The summed E-state index contributed by atoms with van der Waals surface area (Å²) in [6.45, 7) is 4.15. The van der Waals surface area contributed by atoms with E-state index in [4.69, 9.17) is 10.5 Å². The van der Waals surface area contributed by atoms with Crippen LogP contribution in [0.25, 0.3) is 0 Å². The van der Waals surface area contributed by atoms with Crippen LogP contribution in [-0.2, 0) is 22.5 Å². The topological polar surface area (TPSA) is 80.5 Å². The van der Waals surface area contributed by atoms with Crippen molar-refractivity contribution in [2.45, 2.75) is 19.0 Å². The second-order valence-electron chi connectivity index (χ2n) is 5.82. The first-order chi connectivity index (χ1) is 11.7. The molecule has 1 unspecified atom stereocenters. The molecule has 0 bridgehead atoms. The van der Waals surface area contributed by atoms with Gasteiger partial charge in [0.05, 0.1) is 24.9 Å². The zero-order chi connectivity index (χ0) is 16.8. The Bertz CT molecular complexity index is 656. The van der Waals surface area contributed by atoms with Gasteiger partial charge in [0.15, 0.2) is 5.13 Å². The van der Waals surface area contributed by atoms with Crippen LogP contribution in [0.3, 0.4) is 0 Å². The van der Waals surface area contributed by atoms with E-state index in [1.54, 1.807) is 0 Å². The summed E-state index contributed by atoms with van der Waals surface area (Å²) < 4.78 is 5.34. The largest absolute Gasteiger partial charge is 0.379 e. The van der Waals surface area contributed by atoms with E-state index in [9.17, 15) is 4.79 Å². The van der Waals surface area contributed by atoms with Crippen molar-refractivity contribution in [1.82, 2.24) is 9.88 Å². The van der Waals surface area contributed by atoms with Gasteiger partial charge in [-0.2, -0.15) is 0 Å². The van der Waals surface area contributed by atoms with E-state index in [0.717, 1.165) is 44.1 Å². The fourth-order valence-electron chi connectivity index (χ4n) is 2.58. The fourth-order valence-corrected chi connectivity index (χ4v) is 3.29. The molecule has 0 spiro atoms. The minimum Gasteiger partial charge on any atom is -0.379 e. The Morgan fingerprint density at radius 2 is 2.08 bits per heavy atom. The lowest BCUT2D eigenvalue weighted by Crippen LogP contribution is -2.37. The van der Waals surface area contributed by atoms with E-state index in [-0.39, 0.29) is 5.91 Å². The van der Waals surface area contributed by atoms with Crippen molar-refractivity contribution in [3.05, 3.63) is 47.0 Å². The molecule has 3 N–H and O–H groups in total. The van der Waals surface area contributed by atoms with Crippen molar-refractivity contribution >= 4 is 22.4 Å². The van der Waals surface area contributed by atoms with Gasteiger partial charge in [0.1, 0.15) is 0 Å². The number of carbonyl (C=O) groups is 1. The molecule has 6 nitrogen and oxygen atoms in total. The predicted octanol–water partition coefficient (Wildman–Crippen LogP) is 1.48. The molecule has 1 amide bonds. The van der Waals surface area contributed by atoms with Crippen LogP contribution in [0.4, 0.5) is 5.13 Å². The van der Waals surface area contributed by atoms with Gasteiger partial charge >= 0.3 is 0 Å². The number of amides is 1. The number of rotatable bonds is 6. The molecule has 1 fully saturated rings. The first kappa shape index (κ1) is 17.0. The van der Waals surface area contributed by atoms with Crippen molar-refractivity contribution < 1.29 is 9.53 Å². The first-order valence-corrected chi connectivity index (χ1v) is 8.93. The van der Waals surface area contributed by atoms with Gasteiger partial charge in [0.2, 0.25) is 5.91 Å². The first-order valence-electron chi connectivity index (χ1n) is 8.05. The maximum Gasteiger partial charge on any atom is 0.243 e. The number of anilines is 1. The number of aromatic nitrogens is 1. The lowest BCUT2D eigenvalue weighted by atomic mass is 10.1. The Balaban J connectivity index is 1.51. The van der Waals surface area contributed by atoms with E-state index >= 15 is 0 Å². The molecule has 0 radical (unpaired) electrons. The van der Waals surface area contributed by atoms with Crippen LogP contribution in [0.1, 0.15) is 11.3 Å². The molecular formula is C17H22N4O2S. The van der Waals surface area contributed by atoms with Gasteiger partial charge in [-0.05, 0) is 12.0 Å². The van der Waals surface area contributed by atoms with Gasteiger partial charge in [0.25, 0.3) is 0 Å². The number of thiazole rings is 1. The van der Waals surface area contributed by atoms with Crippen LogP contribution in [0.5, 0.6) is 0 Å². The summed E-state index contributed by atoms with van der Waals surface area (Å²) in [5.74, 6) is -0.203. The second kappa shape index (κ2) is 8.34. The van der Waals surface area contributed by atoms with E-state index in [2.05, 4.69) is 15.2 Å². The normalized spacial score (nSPS) is 16.7. The van der Waals surface area contributed by atoms with E-state index in [0.29, 0.717) is 11.6 Å². The fraction of sp³-hybridized carbons (Fsp3) is 0.412. The number of nitrogens with one attached hydrogen (secondary N) is 1. The summed E-state index contributed by atoms with van der Waals surface area (Å²) in [5, 5.41) is 5.40. The molecule has 0 saturated carbocycles. The van der Waals surface area contributed by atoms with E-state index in [1.165, 1.54) is 11.3 Å². The third-order valence-corrected chi connectivity index (χ3v) is 4.71. The summed E-state index contributed by atoms with van der Waals surface area (Å²) in [5.41, 5.74) is 8.01. The Morgan fingerprint density at radius 1 is 1.33 bits per heavy atom. The molecule has 1 aliphatic heterocycles. The van der Waals surface area contributed by atoms with Crippen LogP contribution in [0.15, 0.2) is 35.7 Å². The molecule has 128 valence electrons. The highest BCUT2D eigenvalue weighted by molar-refractivity contribution is 7.13. The molecular weight excluding hydrogens is 324 g/mol. The van der Waals surface area contributed by atoms with Gasteiger partial charge < -0.3 is 15.8 Å². The van der Waals surface area contributed by atoms with E-state index in [1.807, 2.05) is 35.7 Å². The Labute approximate surface area is 145 Å². The van der Waals surface area contributed by atoms with Gasteiger partial charge in [0, 0.05) is 25.0 Å². The Morgan fingerprint density at radius 3 is 2.83 bits per heavy atom.